The Hall–Kier alpha value is -2.16. The van der Waals surface area contributed by atoms with Gasteiger partial charge in [-0.25, -0.2) is 0 Å². The largest absolute Gasteiger partial charge is 0.495 e. The maximum absolute atomic E-state index is 5.86. The van der Waals surface area contributed by atoms with Gasteiger partial charge in [-0.1, -0.05) is 24.3 Å². The summed E-state index contributed by atoms with van der Waals surface area (Å²) >= 11 is 0. The van der Waals surface area contributed by atoms with E-state index in [4.69, 9.17) is 10.5 Å². The zero-order valence-electron chi connectivity index (χ0n) is 11.7. The van der Waals surface area contributed by atoms with Crippen LogP contribution < -0.4 is 15.8 Å². The Balaban J connectivity index is 1.85. The molecule has 1 unspecified atom stereocenters. The lowest BCUT2D eigenvalue weighted by Gasteiger charge is -2.27. The van der Waals surface area contributed by atoms with Gasteiger partial charge in [0.15, 0.2) is 0 Å². The van der Waals surface area contributed by atoms with Crippen molar-refractivity contribution in [2.75, 3.05) is 18.2 Å². The Kier molecular flexibility index (Phi) is 3.50. The second kappa shape index (κ2) is 5.45. The fourth-order valence-electron chi connectivity index (χ4n) is 2.91. The predicted molar refractivity (Wildman–Crippen MR) is 83.2 cm³/mol. The highest BCUT2D eigenvalue weighted by atomic mass is 16.5. The summed E-state index contributed by atoms with van der Waals surface area (Å²) in [5.41, 5.74) is 10.4. The predicted octanol–water partition coefficient (Wildman–Crippen LogP) is 3.77. The van der Waals surface area contributed by atoms with Crippen molar-refractivity contribution in [3.8, 4) is 5.75 Å². The topological polar surface area (TPSA) is 47.3 Å². The second-order valence-electron chi connectivity index (χ2n) is 5.24. The maximum Gasteiger partial charge on any atom is 0.143 e. The number of hydrogen-bond donors (Lipinski definition) is 2. The molecule has 0 radical (unpaired) electrons. The van der Waals surface area contributed by atoms with Gasteiger partial charge in [-0.3, -0.25) is 0 Å². The number of aryl methyl sites for hydroxylation is 1. The number of fused-ring (bicyclic) bond motifs is 1. The number of rotatable bonds is 3. The molecular weight excluding hydrogens is 248 g/mol. The first-order chi connectivity index (χ1) is 9.78. The van der Waals surface area contributed by atoms with E-state index in [9.17, 15) is 0 Å². The molecule has 0 saturated heterocycles. The van der Waals surface area contributed by atoms with Gasteiger partial charge in [-0.15, -0.1) is 0 Å². The Morgan fingerprint density at radius 3 is 2.90 bits per heavy atom. The van der Waals surface area contributed by atoms with Crippen LogP contribution in [0.1, 0.15) is 30.0 Å². The van der Waals surface area contributed by atoms with E-state index >= 15 is 0 Å². The van der Waals surface area contributed by atoms with Crippen LogP contribution in [0.25, 0.3) is 0 Å². The SMILES string of the molecule is COc1cc(NC2CCCc3ccccc32)ccc1N. The smallest absolute Gasteiger partial charge is 0.143 e. The van der Waals surface area contributed by atoms with E-state index in [1.165, 1.54) is 24.0 Å². The van der Waals surface area contributed by atoms with Crippen LogP contribution in [0.2, 0.25) is 0 Å². The van der Waals surface area contributed by atoms with Crippen LogP contribution in [-0.4, -0.2) is 7.11 Å². The number of nitrogens with two attached hydrogens (primary N) is 1. The number of nitrogen functional groups attached to an aromatic ring is 1. The molecule has 2 aromatic carbocycles. The first kappa shape index (κ1) is 12.9. The van der Waals surface area contributed by atoms with E-state index in [1.54, 1.807) is 7.11 Å². The molecule has 0 aliphatic heterocycles. The van der Waals surface area contributed by atoms with E-state index in [0.717, 1.165) is 17.9 Å². The van der Waals surface area contributed by atoms with Crippen molar-refractivity contribution in [1.29, 1.82) is 0 Å². The van der Waals surface area contributed by atoms with E-state index in [0.29, 0.717) is 11.7 Å². The second-order valence-corrected chi connectivity index (χ2v) is 5.24. The zero-order valence-corrected chi connectivity index (χ0v) is 11.7. The van der Waals surface area contributed by atoms with Gasteiger partial charge in [0.2, 0.25) is 0 Å². The number of ether oxygens (including phenoxy) is 1. The molecule has 2 aromatic rings. The molecule has 104 valence electrons. The third-order valence-corrected chi connectivity index (χ3v) is 3.94. The van der Waals surface area contributed by atoms with Crippen molar-refractivity contribution >= 4 is 11.4 Å². The summed E-state index contributed by atoms with van der Waals surface area (Å²) in [4.78, 5) is 0. The van der Waals surface area contributed by atoms with Gasteiger partial charge in [0.1, 0.15) is 5.75 Å². The maximum atomic E-state index is 5.86. The Bertz CT molecular complexity index is 610. The average molecular weight is 268 g/mol. The highest BCUT2D eigenvalue weighted by molar-refractivity contribution is 5.62. The van der Waals surface area contributed by atoms with Crippen LogP contribution in [0.3, 0.4) is 0 Å². The Labute approximate surface area is 119 Å². The molecule has 3 nitrogen and oxygen atoms in total. The van der Waals surface area contributed by atoms with Crippen molar-refractivity contribution in [3.63, 3.8) is 0 Å². The molecule has 1 atom stereocenters. The summed E-state index contributed by atoms with van der Waals surface area (Å²) in [5, 5.41) is 3.60. The molecule has 0 fully saturated rings. The van der Waals surface area contributed by atoms with Crippen molar-refractivity contribution < 1.29 is 4.74 Å². The van der Waals surface area contributed by atoms with Crippen LogP contribution in [0.4, 0.5) is 11.4 Å². The summed E-state index contributed by atoms with van der Waals surface area (Å²) in [6, 6.07) is 14.9. The van der Waals surface area contributed by atoms with E-state index in [-0.39, 0.29) is 0 Å². The normalized spacial score (nSPS) is 17.4. The first-order valence-corrected chi connectivity index (χ1v) is 7.06. The standard InChI is InChI=1S/C17H20N2O/c1-20-17-11-13(9-10-15(17)18)19-16-8-4-6-12-5-2-3-7-14(12)16/h2-3,5,7,9-11,16,19H,4,6,8,18H2,1H3. The van der Waals surface area contributed by atoms with Crippen molar-refractivity contribution in [3.05, 3.63) is 53.6 Å². The lowest BCUT2D eigenvalue weighted by molar-refractivity contribution is 0.417. The molecule has 0 spiro atoms. The molecule has 0 saturated carbocycles. The molecule has 3 N–H and O–H groups in total. The summed E-state index contributed by atoms with van der Waals surface area (Å²) in [7, 11) is 1.64. The Morgan fingerprint density at radius 2 is 2.05 bits per heavy atom. The summed E-state index contributed by atoms with van der Waals surface area (Å²) in [5.74, 6) is 0.721. The van der Waals surface area contributed by atoms with Crippen LogP contribution in [0.5, 0.6) is 5.75 Å². The van der Waals surface area contributed by atoms with E-state index < -0.39 is 0 Å². The average Bonchev–Trinajstić information content (AvgIpc) is 2.49. The summed E-state index contributed by atoms with van der Waals surface area (Å²) in [6.07, 6.45) is 3.56. The molecule has 1 aliphatic rings. The molecule has 3 heteroatoms. The molecule has 0 bridgehead atoms. The fourth-order valence-corrected chi connectivity index (χ4v) is 2.91. The van der Waals surface area contributed by atoms with Gasteiger partial charge >= 0.3 is 0 Å². The molecule has 1 aliphatic carbocycles. The van der Waals surface area contributed by atoms with Crippen molar-refractivity contribution in [1.82, 2.24) is 0 Å². The van der Waals surface area contributed by atoms with E-state index in [1.807, 2.05) is 18.2 Å². The van der Waals surface area contributed by atoms with E-state index in [2.05, 4.69) is 29.6 Å². The Morgan fingerprint density at radius 1 is 1.20 bits per heavy atom. The third-order valence-electron chi connectivity index (χ3n) is 3.94. The summed E-state index contributed by atoms with van der Waals surface area (Å²) < 4.78 is 5.28. The highest BCUT2D eigenvalue weighted by Crippen LogP contribution is 2.34. The third kappa shape index (κ3) is 2.44. The minimum atomic E-state index is 0.369. The number of hydrogen-bond acceptors (Lipinski definition) is 3. The molecule has 3 rings (SSSR count). The van der Waals surface area contributed by atoms with Crippen molar-refractivity contribution in [2.24, 2.45) is 0 Å². The van der Waals surface area contributed by atoms with Gasteiger partial charge in [0.05, 0.1) is 18.8 Å². The van der Waals surface area contributed by atoms with Gasteiger partial charge in [0.25, 0.3) is 0 Å². The van der Waals surface area contributed by atoms with Crippen LogP contribution in [0, 0.1) is 0 Å². The molecular formula is C17H20N2O. The minimum Gasteiger partial charge on any atom is -0.495 e. The lowest BCUT2D eigenvalue weighted by atomic mass is 9.87. The van der Waals surface area contributed by atoms with Crippen LogP contribution >= 0.6 is 0 Å². The number of anilines is 2. The van der Waals surface area contributed by atoms with Crippen molar-refractivity contribution in [2.45, 2.75) is 25.3 Å². The van der Waals surface area contributed by atoms with Gasteiger partial charge in [-0.05, 0) is 42.5 Å². The van der Waals surface area contributed by atoms with Gasteiger partial charge in [-0.2, -0.15) is 0 Å². The lowest BCUT2D eigenvalue weighted by Crippen LogP contribution is -2.17. The quantitative estimate of drug-likeness (QED) is 0.833. The highest BCUT2D eigenvalue weighted by Gasteiger charge is 2.19. The van der Waals surface area contributed by atoms with Crippen LogP contribution in [0.15, 0.2) is 42.5 Å². The number of benzene rings is 2. The first-order valence-electron chi connectivity index (χ1n) is 7.06. The number of nitrogens with one attached hydrogen (secondary N) is 1. The molecule has 0 aromatic heterocycles. The summed E-state index contributed by atoms with van der Waals surface area (Å²) in [6.45, 7) is 0. The number of methoxy groups -OCH3 is 1. The molecule has 0 amide bonds. The molecule has 0 heterocycles. The van der Waals surface area contributed by atoms with Gasteiger partial charge < -0.3 is 15.8 Å². The monoisotopic (exact) mass is 268 g/mol. The van der Waals surface area contributed by atoms with Crippen LogP contribution in [-0.2, 0) is 6.42 Å². The fraction of sp³-hybridized carbons (Fsp3) is 0.294. The minimum absolute atomic E-state index is 0.369. The molecule has 20 heavy (non-hydrogen) atoms. The zero-order chi connectivity index (χ0) is 13.9. The van der Waals surface area contributed by atoms with Gasteiger partial charge in [0, 0.05) is 11.8 Å².